The van der Waals surface area contributed by atoms with Crippen molar-refractivity contribution >= 4 is 21.8 Å². The Hall–Kier alpha value is -0.0500. The van der Waals surface area contributed by atoms with Gasteiger partial charge in [-0.25, -0.2) is 0 Å². The van der Waals surface area contributed by atoms with E-state index in [4.69, 9.17) is 0 Å². The molecule has 82 valence electrons. The summed E-state index contributed by atoms with van der Waals surface area (Å²) in [5, 5.41) is 0. The summed E-state index contributed by atoms with van der Waals surface area (Å²) >= 11 is 3.42. The maximum Gasteiger partial charge on any atom is 0.236 e. The molecule has 0 aromatic carbocycles. The smallest absolute Gasteiger partial charge is 0.236 e. The summed E-state index contributed by atoms with van der Waals surface area (Å²) < 4.78 is 0. The summed E-state index contributed by atoms with van der Waals surface area (Å²) in [6.07, 6.45) is 2.02. The third-order valence-corrected chi connectivity index (χ3v) is 4.31. The van der Waals surface area contributed by atoms with Gasteiger partial charge in [0.1, 0.15) is 0 Å². The fourth-order valence-corrected chi connectivity index (χ4v) is 2.13. The average molecular weight is 262 g/mol. The Balaban J connectivity index is 2.50. The highest BCUT2D eigenvalue weighted by atomic mass is 79.9. The first-order valence-electron chi connectivity index (χ1n) is 5.49. The van der Waals surface area contributed by atoms with Crippen LogP contribution < -0.4 is 0 Å². The third kappa shape index (κ3) is 2.72. The summed E-state index contributed by atoms with van der Waals surface area (Å²) in [5.41, 5.74) is 0. The largest absolute Gasteiger partial charge is 0.341 e. The van der Waals surface area contributed by atoms with Crippen molar-refractivity contribution in [3.8, 4) is 0 Å². The number of hydrogen-bond acceptors (Lipinski definition) is 1. The van der Waals surface area contributed by atoms with Crippen LogP contribution in [0.2, 0.25) is 0 Å². The second-order valence-corrected chi connectivity index (χ2v) is 5.51. The van der Waals surface area contributed by atoms with Crippen LogP contribution in [0.3, 0.4) is 0 Å². The number of nitrogens with zero attached hydrogens (tertiary/aromatic N) is 1. The van der Waals surface area contributed by atoms with Crippen molar-refractivity contribution in [2.75, 3.05) is 13.1 Å². The molecular weight excluding hydrogens is 242 g/mol. The Morgan fingerprint density at radius 2 is 2.14 bits per heavy atom. The van der Waals surface area contributed by atoms with Crippen LogP contribution >= 0.6 is 15.9 Å². The molecule has 3 heteroatoms. The maximum atomic E-state index is 11.9. The van der Waals surface area contributed by atoms with Gasteiger partial charge in [-0.1, -0.05) is 36.7 Å². The van der Waals surface area contributed by atoms with Crippen molar-refractivity contribution < 1.29 is 4.79 Å². The van der Waals surface area contributed by atoms with E-state index in [0.29, 0.717) is 5.92 Å². The zero-order valence-corrected chi connectivity index (χ0v) is 10.9. The van der Waals surface area contributed by atoms with Crippen LogP contribution in [0.25, 0.3) is 0 Å². The monoisotopic (exact) mass is 261 g/mol. The van der Waals surface area contributed by atoms with Gasteiger partial charge in [0.15, 0.2) is 0 Å². The molecule has 1 rings (SSSR count). The first-order valence-corrected chi connectivity index (χ1v) is 6.40. The fraction of sp³-hybridized carbons (Fsp3) is 0.909. The van der Waals surface area contributed by atoms with E-state index in [1.165, 1.54) is 0 Å². The molecule has 3 unspecified atom stereocenters. The highest BCUT2D eigenvalue weighted by Crippen LogP contribution is 2.24. The summed E-state index contributed by atoms with van der Waals surface area (Å²) in [4.78, 5) is 13.9. The second-order valence-electron chi connectivity index (χ2n) is 4.40. The quantitative estimate of drug-likeness (QED) is 0.700. The van der Waals surface area contributed by atoms with E-state index in [-0.39, 0.29) is 10.7 Å². The molecule has 0 radical (unpaired) electrons. The van der Waals surface area contributed by atoms with Crippen LogP contribution in [-0.4, -0.2) is 28.7 Å². The molecular formula is C11H20BrNO. The fourth-order valence-electron chi connectivity index (χ4n) is 1.84. The third-order valence-electron chi connectivity index (χ3n) is 3.27. The number of alkyl halides is 1. The summed E-state index contributed by atoms with van der Waals surface area (Å²) in [6, 6.07) is 0. The summed E-state index contributed by atoms with van der Waals surface area (Å²) in [6.45, 7) is 8.42. The van der Waals surface area contributed by atoms with E-state index in [1.807, 2.05) is 11.8 Å². The van der Waals surface area contributed by atoms with E-state index in [2.05, 4.69) is 29.8 Å². The molecule has 1 fully saturated rings. The van der Waals surface area contributed by atoms with Gasteiger partial charge in [-0.2, -0.15) is 0 Å². The lowest BCUT2D eigenvalue weighted by molar-refractivity contribution is -0.132. The van der Waals surface area contributed by atoms with E-state index < -0.39 is 0 Å². The van der Waals surface area contributed by atoms with Crippen LogP contribution in [-0.2, 0) is 4.79 Å². The molecule has 0 aromatic heterocycles. The zero-order valence-electron chi connectivity index (χ0n) is 9.29. The lowest BCUT2D eigenvalue weighted by atomic mass is 9.88. The van der Waals surface area contributed by atoms with Crippen molar-refractivity contribution in [3.63, 3.8) is 0 Å². The molecule has 0 spiro atoms. The van der Waals surface area contributed by atoms with Gasteiger partial charge >= 0.3 is 0 Å². The summed E-state index contributed by atoms with van der Waals surface area (Å²) in [5.74, 6) is 1.67. The molecule has 3 atom stereocenters. The Morgan fingerprint density at radius 3 is 2.64 bits per heavy atom. The highest BCUT2D eigenvalue weighted by Gasteiger charge is 2.28. The topological polar surface area (TPSA) is 20.3 Å². The number of amides is 1. The van der Waals surface area contributed by atoms with Crippen molar-refractivity contribution in [2.45, 2.75) is 38.4 Å². The predicted octanol–water partition coefficient (Wildman–Crippen LogP) is 2.66. The molecule has 0 aromatic rings. The first kappa shape index (κ1) is 12.0. The van der Waals surface area contributed by atoms with Gasteiger partial charge in [0.2, 0.25) is 5.91 Å². The number of likely N-dealkylation sites (tertiary alicyclic amines) is 1. The van der Waals surface area contributed by atoms with Gasteiger partial charge in [-0.3, -0.25) is 4.79 Å². The van der Waals surface area contributed by atoms with Crippen LogP contribution in [0.5, 0.6) is 0 Å². The van der Waals surface area contributed by atoms with Gasteiger partial charge in [-0.15, -0.1) is 0 Å². The summed E-state index contributed by atoms with van der Waals surface area (Å²) in [7, 11) is 0. The molecule has 2 nitrogen and oxygen atoms in total. The molecule has 1 saturated heterocycles. The van der Waals surface area contributed by atoms with E-state index in [9.17, 15) is 4.79 Å². The average Bonchev–Trinajstić information content (AvgIpc) is 2.20. The molecule has 0 bridgehead atoms. The van der Waals surface area contributed by atoms with Crippen LogP contribution in [0.1, 0.15) is 33.6 Å². The number of piperidine rings is 1. The van der Waals surface area contributed by atoms with Gasteiger partial charge in [0, 0.05) is 13.1 Å². The first-order chi connectivity index (χ1) is 6.56. The van der Waals surface area contributed by atoms with Crippen molar-refractivity contribution in [2.24, 2.45) is 11.8 Å². The number of halogens is 1. The van der Waals surface area contributed by atoms with Gasteiger partial charge in [-0.05, 0) is 24.7 Å². The number of rotatable bonds is 2. The standard InChI is InChI=1S/C11H20BrNO/c1-4-10(12)11(14)13-6-5-8(2)9(3)7-13/h8-10H,4-7H2,1-3H3. The van der Waals surface area contributed by atoms with Crippen LogP contribution in [0.15, 0.2) is 0 Å². The molecule has 1 aliphatic heterocycles. The highest BCUT2D eigenvalue weighted by molar-refractivity contribution is 9.10. The lowest BCUT2D eigenvalue weighted by Crippen LogP contribution is -2.45. The van der Waals surface area contributed by atoms with Gasteiger partial charge in [0.25, 0.3) is 0 Å². The number of carbonyl (C=O) groups excluding carboxylic acids is 1. The Labute approximate surface area is 95.2 Å². The normalized spacial score (nSPS) is 30.1. The minimum Gasteiger partial charge on any atom is -0.341 e. The van der Waals surface area contributed by atoms with Crippen LogP contribution in [0, 0.1) is 11.8 Å². The lowest BCUT2D eigenvalue weighted by Gasteiger charge is -2.36. The number of carbonyl (C=O) groups is 1. The Kier molecular flexibility index (Phi) is 4.42. The minimum atomic E-state index is 0.0168. The van der Waals surface area contributed by atoms with E-state index in [0.717, 1.165) is 31.8 Å². The molecule has 1 heterocycles. The molecule has 0 saturated carbocycles. The molecule has 14 heavy (non-hydrogen) atoms. The number of hydrogen-bond donors (Lipinski definition) is 0. The maximum absolute atomic E-state index is 11.9. The van der Waals surface area contributed by atoms with Crippen molar-refractivity contribution in [1.82, 2.24) is 4.90 Å². The van der Waals surface area contributed by atoms with E-state index in [1.54, 1.807) is 0 Å². The van der Waals surface area contributed by atoms with E-state index >= 15 is 0 Å². The SMILES string of the molecule is CCC(Br)C(=O)N1CCC(C)C(C)C1. The predicted molar refractivity (Wildman–Crippen MR) is 62.5 cm³/mol. The zero-order chi connectivity index (χ0) is 10.7. The Morgan fingerprint density at radius 1 is 1.50 bits per heavy atom. The molecule has 1 amide bonds. The second kappa shape index (κ2) is 5.15. The van der Waals surface area contributed by atoms with Crippen molar-refractivity contribution in [1.29, 1.82) is 0 Å². The molecule has 0 N–H and O–H groups in total. The van der Waals surface area contributed by atoms with Crippen LogP contribution in [0.4, 0.5) is 0 Å². The minimum absolute atomic E-state index is 0.0168. The molecule has 0 aliphatic carbocycles. The molecule has 1 aliphatic rings. The van der Waals surface area contributed by atoms with Crippen molar-refractivity contribution in [3.05, 3.63) is 0 Å². The van der Waals surface area contributed by atoms with Gasteiger partial charge < -0.3 is 4.90 Å². The Bertz CT molecular complexity index is 207. The van der Waals surface area contributed by atoms with Gasteiger partial charge in [0.05, 0.1) is 4.83 Å².